The molecule has 0 aliphatic carbocycles. The molecule has 3 nitrogen and oxygen atoms in total. The van der Waals surface area contributed by atoms with Gasteiger partial charge >= 0.3 is 0 Å². The van der Waals surface area contributed by atoms with E-state index in [1.807, 2.05) is 11.9 Å². The number of likely N-dealkylation sites (N-methyl/N-ethyl adjacent to an activating group) is 1. The quantitative estimate of drug-likeness (QED) is 0.866. The molecular weight excluding hydrogens is 262 g/mol. The Morgan fingerprint density at radius 3 is 2.70 bits per heavy atom. The smallest absolute Gasteiger partial charge is 0.164 e. The van der Waals surface area contributed by atoms with Crippen LogP contribution in [-0.4, -0.2) is 54.7 Å². The summed E-state index contributed by atoms with van der Waals surface area (Å²) >= 11 is 0. The van der Waals surface area contributed by atoms with Gasteiger partial charge in [-0.25, -0.2) is 8.78 Å². The van der Waals surface area contributed by atoms with E-state index >= 15 is 0 Å². The first-order chi connectivity index (χ1) is 9.58. The minimum Gasteiger partial charge on any atom is -0.387 e. The van der Waals surface area contributed by atoms with Crippen molar-refractivity contribution in [1.82, 2.24) is 9.80 Å². The predicted octanol–water partition coefficient (Wildman–Crippen LogP) is 2.03. The molecule has 1 aliphatic rings. The van der Waals surface area contributed by atoms with E-state index in [0.29, 0.717) is 6.54 Å². The lowest BCUT2D eigenvalue weighted by Crippen LogP contribution is -2.33. The lowest BCUT2D eigenvalue weighted by Gasteiger charge is -2.23. The number of hydrogen-bond donors (Lipinski definition) is 1. The van der Waals surface area contributed by atoms with E-state index in [1.165, 1.54) is 25.0 Å². The Hall–Kier alpha value is -1.04. The highest BCUT2D eigenvalue weighted by atomic mass is 19.2. The fourth-order valence-electron chi connectivity index (χ4n) is 2.58. The first-order valence-electron chi connectivity index (χ1n) is 7.11. The molecule has 1 unspecified atom stereocenters. The van der Waals surface area contributed by atoms with E-state index in [4.69, 9.17) is 0 Å². The molecule has 1 saturated heterocycles. The van der Waals surface area contributed by atoms with Gasteiger partial charge in [0.05, 0.1) is 6.10 Å². The second-order valence-electron chi connectivity index (χ2n) is 5.47. The normalized spacial score (nSPS) is 17.9. The van der Waals surface area contributed by atoms with Crippen LogP contribution in [0.4, 0.5) is 8.78 Å². The SMILES string of the molecule is CN(CCN1CCCC1)CC(O)c1cccc(F)c1F. The van der Waals surface area contributed by atoms with Crippen LogP contribution in [0.3, 0.4) is 0 Å². The predicted molar refractivity (Wildman–Crippen MR) is 74.5 cm³/mol. The van der Waals surface area contributed by atoms with Crippen LogP contribution >= 0.6 is 0 Å². The zero-order valence-electron chi connectivity index (χ0n) is 11.9. The fourth-order valence-corrected chi connectivity index (χ4v) is 2.58. The third kappa shape index (κ3) is 3.98. The molecule has 0 saturated carbocycles. The third-order valence-electron chi connectivity index (χ3n) is 3.82. The number of nitrogens with zero attached hydrogens (tertiary/aromatic N) is 2. The standard InChI is InChI=1S/C15H22F2N2O/c1-18(9-10-19-7-2-3-8-19)11-14(20)12-5-4-6-13(16)15(12)17/h4-6,14,20H,2-3,7-11H2,1H3. The lowest BCUT2D eigenvalue weighted by molar-refractivity contribution is 0.117. The topological polar surface area (TPSA) is 26.7 Å². The maximum atomic E-state index is 13.6. The molecule has 1 aromatic carbocycles. The molecule has 0 radical (unpaired) electrons. The summed E-state index contributed by atoms with van der Waals surface area (Å²) in [4.78, 5) is 4.33. The molecule has 1 aromatic rings. The van der Waals surface area contributed by atoms with Crippen molar-refractivity contribution < 1.29 is 13.9 Å². The molecule has 2 rings (SSSR count). The summed E-state index contributed by atoms with van der Waals surface area (Å²) in [5, 5.41) is 10.0. The molecule has 0 aromatic heterocycles. The molecule has 0 bridgehead atoms. The van der Waals surface area contributed by atoms with E-state index in [9.17, 15) is 13.9 Å². The zero-order chi connectivity index (χ0) is 14.5. The van der Waals surface area contributed by atoms with Gasteiger partial charge < -0.3 is 14.9 Å². The van der Waals surface area contributed by atoms with Crippen LogP contribution in [0.5, 0.6) is 0 Å². The van der Waals surface area contributed by atoms with Crippen molar-refractivity contribution in [2.24, 2.45) is 0 Å². The zero-order valence-corrected chi connectivity index (χ0v) is 11.9. The van der Waals surface area contributed by atoms with Crippen LogP contribution in [0.25, 0.3) is 0 Å². The van der Waals surface area contributed by atoms with E-state index in [2.05, 4.69) is 4.90 Å². The molecule has 1 fully saturated rings. The molecular formula is C15H22F2N2O. The Labute approximate surface area is 118 Å². The van der Waals surface area contributed by atoms with E-state index in [0.717, 1.165) is 32.2 Å². The average molecular weight is 284 g/mol. The average Bonchev–Trinajstić information content (AvgIpc) is 2.92. The summed E-state index contributed by atoms with van der Waals surface area (Å²) < 4.78 is 26.7. The van der Waals surface area contributed by atoms with Crippen molar-refractivity contribution in [3.05, 3.63) is 35.4 Å². The van der Waals surface area contributed by atoms with Gasteiger partial charge in [0.1, 0.15) is 0 Å². The van der Waals surface area contributed by atoms with Gasteiger partial charge in [-0.1, -0.05) is 12.1 Å². The number of aliphatic hydroxyl groups is 1. The van der Waals surface area contributed by atoms with Crippen molar-refractivity contribution in [3.8, 4) is 0 Å². The Bertz CT molecular complexity index is 436. The molecule has 112 valence electrons. The minimum atomic E-state index is -1.01. The highest BCUT2D eigenvalue weighted by Gasteiger charge is 2.18. The molecule has 1 atom stereocenters. The lowest BCUT2D eigenvalue weighted by atomic mass is 10.1. The number of halogens is 2. The molecule has 5 heteroatoms. The van der Waals surface area contributed by atoms with Crippen molar-refractivity contribution in [2.45, 2.75) is 18.9 Å². The van der Waals surface area contributed by atoms with Crippen LogP contribution in [0, 0.1) is 11.6 Å². The van der Waals surface area contributed by atoms with Gasteiger partial charge in [-0.15, -0.1) is 0 Å². The summed E-state index contributed by atoms with van der Waals surface area (Å²) in [5.74, 6) is -1.87. The van der Waals surface area contributed by atoms with Gasteiger partial charge in [0, 0.05) is 25.2 Å². The largest absolute Gasteiger partial charge is 0.387 e. The van der Waals surface area contributed by atoms with Crippen LogP contribution < -0.4 is 0 Å². The van der Waals surface area contributed by atoms with Gasteiger partial charge in [0.15, 0.2) is 11.6 Å². The van der Waals surface area contributed by atoms with Gasteiger partial charge in [0.25, 0.3) is 0 Å². The first-order valence-corrected chi connectivity index (χ1v) is 7.11. The van der Waals surface area contributed by atoms with Gasteiger partial charge in [0.2, 0.25) is 0 Å². The molecule has 0 amide bonds. The monoisotopic (exact) mass is 284 g/mol. The maximum absolute atomic E-state index is 13.6. The van der Waals surface area contributed by atoms with Crippen molar-refractivity contribution in [2.75, 3.05) is 39.8 Å². The summed E-state index contributed by atoms with van der Waals surface area (Å²) in [6, 6.07) is 3.90. The summed E-state index contributed by atoms with van der Waals surface area (Å²) in [5.41, 5.74) is 0.0259. The summed E-state index contributed by atoms with van der Waals surface area (Å²) in [6.45, 7) is 4.33. The Morgan fingerprint density at radius 1 is 1.30 bits per heavy atom. The molecule has 20 heavy (non-hydrogen) atoms. The fraction of sp³-hybridized carbons (Fsp3) is 0.600. The van der Waals surface area contributed by atoms with Crippen molar-refractivity contribution >= 4 is 0 Å². The highest BCUT2D eigenvalue weighted by molar-refractivity contribution is 5.21. The van der Waals surface area contributed by atoms with Crippen molar-refractivity contribution in [3.63, 3.8) is 0 Å². The first kappa shape index (κ1) is 15.4. The maximum Gasteiger partial charge on any atom is 0.164 e. The van der Waals surface area contributed by atoms with Crippen LogP contribution in [0.1, 0.15) is 24.5 Å². The summed E-state index contributed by atoms with van der Waals surface area (Å²) in [7, 11) is 1.89. The van der Waals surface area contributed by atoms with Gasteiger partial charge in [-0.3, -0.25) is 0 Å². The minimum absolute atomic E-state index is 0.0259. The molecule has 1 aliphatic heterocycles. The number of hydrogen-bond acceptors (Lipinski definition) is 3. The van der Waals surface area contributed by atoms with E-state index in [-0.39, 0.29) is 5.56 Å². The summed E-state index contributed by atoms with van der Waals surface area (Å²) in [6.07, 6.45) is 1.50. The van der Waals surface area contributed by atoms with Gasteiger partial charge in [-0.05, 0) is 39.0 Å². The number of likely N-dealkylation sites (tertiary alicyclic amines) is 1. The van der Waals surface area contributed by atoms with Crippen LogP contribution in [-0.2, 0) is 0 Å². The molecule has 0 spiro atoms. The van der Waals surface area contributed by atoms with Crippen LogP contribution in [0.2, 0.25) is 0 Å². The van der Waals surface area contributed by atoms with Gasteiger partial charge in [-0.2, -0.15) is 0 Å². The third-order valence-corrected chi connectivity index (χ3v) is 3.82. The van der Waals surface area contributed by atoms with E-state index < -0.39 is 17.7 Å². The molecule has 1 N–H and O–H groups in total. The van der Waals surface area contributed by atoms with E-state index in [1.54, 1.807) is 0 Å². The Kier molecular flexibility index (Phi) is 5.46. The van der Waals surface area contributed by atoms with Crippen LogP contribution in [0.15, 0.2) is 18.2 Å². The second kappa shape index (κ2) is 7.11. The number of aliphatic hydroxyl groups excluding tert-OH is 1. The Morgan fingerprint density at radius 2 is 2.00 bits per heavy atom. The molecule has 1 heterocycles. The Balaban J connectivity index is 1.83. The second-order valence-corrected chi connectivity index (χ2v) is 5.47. The highest BCUT2D eigenvalue weighted by Crippen LogP contribution is 2.19. The van der Waals surface area contributed by atoms with Crippen molar-refractivity contribution in [1.29, 1.82) is 0 Å². The number of rotatable bonds is 6. The number of benzene rings is 1.